The number of non-ortho nitro benzene ring substituents is 1. The number of carbonyl (C=O) groups excluding carboxylic acids is 2. The molecule has 4 aromatic rings. The average molecular weight is 497 g/mol. The molecule has 0 aliphatic heterocycles. The highest BCUT2D eigenvalue weighted by Crippen LogP contribution is 2.28. The van der Waals surface area contributed by atoms with E-state index in [1.165, 1.54) is 47.4 Å². The molecule has 0 unspecified atom stereocenters. The van der Waals surface area contributed by atoms with Crippen molar-refractivity contribution in [2.45, 2.75) is 4.90 Å². The molecule has 11 heteroatoms. The molecule has 4 rings (SSSR count). The summed E-state index contributed by atoms with van der Waals surface area (Å²) in [6, 6.07) is 16.4. The largest absolute Gasteiger partial charge is 0.322 e. The van der Waals surface area contributed by atoms with Crippen LogP contribution in [0, 0.1) is 10.1 Å². The molecular formula is C22H16N4O4S3. The van der Waals surface area contributed by atoms with Gasteiger partial charge in [0.2, 0.25) is 5.91 Å². The topological polar surface area (TPSA) is 114 Å². The molecule has 2 aromatic heterocycles. The number of hydrogen-bond acceptors (Lipinski definition) is 8. The van der Waals surface area contributed by atoms with Crippen LogP contribution in [0.15, 0.2) is 76.3 Å². The summed E-state index contributed by atoms with van der Waals surface area (Å²) in [4.78, 5) is 41.1. The standard InChI is InChI=1S/C22H16N4O4S3/c27-20(25-22-24-18(12-33-22)19-2-1-11-31-19)13-32-17-9-5-15(6-10-17)23-21(28)14-3-7-16(8-4-14)26(29)30/h1-12H,13H2,(H,23,28)(H,24,25,27). The highest BCUT2D eigenvalue weighted by Gasteiger charge is 2.11. The first kappa shape index (κ1) is 22.6. The summed E-state index contributed by atoms with van der Waals surface area (Å²) >= 11 is 4.35. The quantitative estimate of drug-likeness (QED) is 0.182. The maximum Gasteiger partial charge on any atom is 0.269 e. The molecule has 0 saturated heterocycles. The maximum atomic E-state index is 12.3. The summed E-state index contributed by atoms with van der Waals surface area (Å²) in [5, 5.41) is 20.7. The number of nitrogens with one attached hydrogen (secondary N) is 2. The number of anilines is 2. The van der Waals surface area contributed by atoms with Gasteiger partial charge in [0.15, 0.2) is 5.13 Å². The second kappa shape index (κ2) is 10.4. The summed E-state index contributed by atoms with van der Waals surface area (Å²) < 4.78 is 0. The van der Waals surface area contributed by atoms with Crippen molar-refractivity contribution in [2.75, 3.05) is 16.4 Å². The monoisotopic (exact) mass is 496 g/mol. The first-order valence-electron chi connectivity index (χ1n) is 9.56. The summed E-state index contributed by atoms with van der Waals surface area (Å²) in [6.07, 6.45) is 0. The van der Waals surface area contributed by atoms with Gasteiger partial charge < -0.3 is 10.6 Å². The third kappa shape index (κ3) is 6.04. The van der Waals surface area contributed by atoms with Gasteiger partial charge in [-0.05, 0) is 47.8 Å². The number of nitro benzene ring substituents is 1. The summed E-state index contributed by atoms with van der Waals surface area (Å²) in [6.45, 7) is 0. The van der Waals surface area contributed by atoms with Crippen LogP contribution in [0.25, 0.3) is 10.6 Å². The van der Waals surface area contributed by atoms with Gasteiger partial charge in [-0.15, -0.1) is 34.4 Å². The van der Waals surface area contributed by atoms with Gasteiger partial charge in [0.05, 0.1) is 21.2 Å². The van der Waals surface area contributed by atoms with Crippen LogP contribution in [0.4, 0.5) is 16.5 Å². The van der Waals surface area contributed by atoms with Crippen LogP contribution in [0.2, 0.25) is 0 Å². The van der Waals surface area contributed by atoms with Crippen LogP contribution < -0.4 is 10.6 Å². The Morgan fingerprint density at radius 2 is 1.76 bits per heavy atom. The predicted molar refractivity (Wildman–Crippen MR) is 132 cm³/mol. The lowest BCUT2D eigenvalue weighted by molar-refractivity contribution is -0.384. The second-order valence-electron chi connectivity index (χ2n) is 6.63. The molecule has 2 aromatic carbocycles. The average Bonchev–Trinajstić information content (AvgIpc) is 3.51. The van der Waals surface area contributed by atoms with Gasteiger partial charge >= 0.3 is 0 Å². The molecule has 0 aliphatic carbocycles. The Balaban J connectivity index is 1.26. The molecular weight excluding hydrogens is 480 g/mol. The Labute approximate surface area is 200 Å². The van der Waals surface area contributed by atoms with Gasteiger partial charge in [0.1, 0.15) is 0 Å². The fraction of sp³-hybridized carbons (Fsp3) is 0.0455. The van der Waals surface area contributed by atoms with E-state index in [-0.39, 0.29) is 23.3 Å². The molecule has 0 bridgehead atoms. The van der Waals surface area contributed by atoms with Crippen LogP contribution in [-0.4, -0.2) is 27.5 Å². The molecule has 0 saturated carbocycles. The van der Waals surface area contributed by atoms with Gasteiger partial charge in [-0.2, -0.15) is 0 Å². The maximum absolute atomic E-state index is 12.3. The van der Waals surface area contributed by atoms with E-state index >= 15 is 0 Å². The van der Waals surface area contributed by atoms with E-state index in [4.69, 9.17) is 0 Å². The lowest BCUT2D eigenvalue weighted by Gasteiger charge is -2.07. The number of thiazole rings is 1. The minimum atomic E-state index is -0.516. The van der Waals surface area contributed by atoms with Gasteiger partial charge in [-0.1, -0.05) is 6.07 Å². The van der Waals surface area contributed by atoms with Crippen molar-refractivity contribution >= 4 is 62.8 Å². The molecule has 0 fully saturated rings. The van der Waals surface area contributed by atoms with Crippen molar-refractivity contribution in [1.29, 1.82) is 0 Å². The van der Waals surface area contributed by atoms with Crippen molar-refractivity contribution in [1.82, 2.24) is 4.98 Å². The first-order valence-corrected chi connectivity index (χ1v) is 12.3. The van der Waals surface area contributed by atoms with Crippen molar-refractivity contribution in [3.63, 3.8) is 0 Å². The number of thiophene rings is 1. The molecule has 0 atom stereocenters. The molecule has 2 heterocycles. The SMILES string of the molecule is O=C(CSc1ccc(NC(=O)c2ccc([N+](=O)[O-])cc2)cc1)Nc1nc(-c2cccs2)cs1. The van der Waals surface area contributed by atoms with Gasteiger partial charge in [-0.3, -0.25) is 19.7 Å². The van der Waals surface area contributed by atoms with E-state index in [0.717, 1.165) is 15.5 Å². The zero-order valence-corrected chi connectivity index (χ0v) is 19.3. The van der Waals surface area contributed by atoms with E-state index in [1.807, 2.05) is 35.0 Å². The summed E-state index contributed by atoms with van der Waals surface area (Å²) in [5.74, 6) is -0.291. The number of rotatable bonds is 8. The summed E-state index contributed by atoms with van der Waals surface area (Å²) in [7, 11) is 0. The lowest BCUT2D eigenvalue weighted by atomic mass is 10.2. The smallest absolute Gasteiger partial charge is 0.269 e. The Morgan fingerprint density at radius 3 is 2.42 bits per heavy atom. The summed E-state index contributed by atoms with van der Waals surface area (Å²) in [5.41, 5.74) is 1.68. The fourth-order valence-electron chi connectivity index (χ4n) is 2.75. The Kier molecular flexibility index (Phi) is 7.13. The van der Waals surface area contributed by atoms with Crippen LogP contribution in [-0.2, 0) is 4.79 Å². The normalized spacial score (nSPS) is 10.5. The number of nitro groups is 1. The van der Waals surface area contributed by atoms with Crippen molar-refractivity contribution < 1.29 is 14.5 Å². The molecule has 0 radical (unpaired) electrons. The number of aromatic nitrogens is 1. The van der Waals surface area contributed by atoms with E-state index in [2.05, 4.69) is 15.6 Å². The van der Waals surface area contributed by atoms with Crippen LogP contribution in [0.3, 0.4) is 0 Å². The number of amides is 2. The van der Waals surface area contributed by atoms with Gasteiger partial charge in [-0.25, -0.2) is 4.98 Å². The predicted octanol–water partition coefficient (Wildman–Crippen LogP) is 5.76. The van der Waals surface area contributed by atoms with Crippen LogP contribution >= 0.6 is 34.4 Å². The highest BCUT2D eigenvalue weighted by atomic mass is 32.2. The Bertz CT molecular complexity index is 1270. The number of thioether (sulfide) groups is 1. The fourth-order valence-corrected chi connectivity index (χ4v) is 4.93. The van der Waals surface area contributed by atoms with E-state index in [0.29, 0.717) is 16.4 Å². The highest BCUT2D eigenvalue weighted by molar-refractivity contribution is 8.00. The number of carbonyl (C=O) groups is 2. The van der Waals surface area contributed by atoms with Crippen molar-refractivity contribution in [2.24, 2.45) is 0 Å². The van der Waals surface area contributed by atoms with E-state index in [1.54, 1.807) is 23.5 Å². The Morgan fingerprint density at radius 1 is 1.00 bits per heavy atom. The van der Waals surface area contributed by atoms with Crippen LogP contribution in [0.5, 0.6) is 0 Å². The number of nitrogens with zero attached hydrogens (tertiary/aromatic N) is 2. The molecule has 33 heavy (non-hydrogen) atoms. The molecule has 0 aliphatic rings. The van der Waals surface area contributed by atoms with E-state index in [9.17, 15) is 19.7 Å². The molecule has 8 nitrogen and oxygen atoms in total. The first-order chi connectivity index (χ1) is 16.0. The number of hydrogen-bond donors (Lipinski definition) is 2. The van der Waals surface area contributed by atoms with Crippen molar-refractivity contribution in [3.8, 4) is 10.6 Å². The van der Waals surface area contributed by atoms with Gasteiger partial charge in [0.25, 0.3) is 11.6 Å². The third-order valence-electron chi connectivity index (χ3n) is 4.35. The molecule has 166 valence electrons. The molecule has 2 N–H and O–H groups in total. The Hall–Kier alpha value is -3.54. The minimum Gasteiger partial charge on any atom is -0.322 e. The second-order valence-corrected chi connectivity index (χ2v) is 9.49. The lowest BCUT2D eigenvalue weighted by Crippen LogP contribution is -2.13. The van der Waals surface area contributed by atoms with E-state index < -0.39 is 4.92 Å². The molecule has 0 spiro atoms. The third-order valence-corrected chi connectivity index (χ3v) is 7.01. The zero-order valence-electron chi connectivity index (χ0n) is 16.9. The van der Waals surface area contributed by atoms with Gasteiger partial charge in [0, 0.05) is 33.7 Å². The van der Waals surface area contributed by atoms with Crippen LogP contribution in [0.1, 0.15) is 10.4 Å². The zero-order chi connectivity index (χ0) is 23.2. The minimum absolute atomic E-state index is 0.0743. The molecule has 2 amide bonds. The number of benzene rings is 2. The van der Waals surface area contributed by atoms with Crippen molar-refractivity contribution in [3.05, 3.63) is 87.1 Å².